The number of rotatable bonds is 6. The summed E-state index contributed by atoms with van der Waals surface area (Å²) in [5.41, 5.74) is 0.604. The van der Waals surface area contributed by atoms with E-state index in [0.717, 1.165) is 0 Å². The van der Waals surface area contributed by atoms with Crippen LogP contribution in [0.1, 0.15) is 18.6 Å². The minimum atomic E-state index is -2.53. The molecule has 0 spiro atoms. The first-order valence-corrected chi connectivity index (χ1v) is 5.26. The Balaban J connectivity index is 2.58. The van der Waals surface area contributed by atoms with Crippen molar-refractivity contribution in [2.45, 2.75) is 25.6 Å². The normalized spacial score (nSPS) is 14.7. The Hall–Kier alpha value is -1.20. The molecule has 1 aromatic rings. The third kappa shape index (κ3) is 4.28. The maximum atomic E-state index is 11.9. The summed E-state index contributed by atoms with van der Waals surface area (Å²) in [5.74, 6) is 0.669. The van der Waals surface area contributed by atoms with Crippen molar-refractivity contribution in [3.63, 3.8) is 0 Å². The largest absolute Gasteiger partial charge is 0.497 e. The van der Waals surface area contributed by atoms with E-state index in [-0.39, 0.29) is 0 Å². The number of aliphatic hydroxyl groups excluding tert-OH is 1. The number of hydrogen-bond acceptors (Lipinski definition) is 3. The molecule has 1 N–H and O–H groups in total. The van der Waals surface area contributed by atoms with Gasteiger partial charge in [-0.05, 0) is 24.6 Å². The van der Waals surface area contributed by atoms with Gasteiger partial charge in [0.15, 0.2) is 0 Å². The number of benzene rings is 1. The SMILES string of the molecule is COc1ccc(C(O)C(C)OCC(F)F)cc1. The highest BCUT2D eigenvalue weighted by molar-refractivity contribution is 5.28. The third-order valence-electron chi connectivity index (χ3n) is 2.39. The van der Waals surface area contributed by atoms with Crippen molar-refractivity contribution < 1.29 is 23.4 Å². The fourth-order valence-electron chi connectivity index (χ4n) is 1.39. The van der Waals surface area contributed by atoms with Crippen molar-refractivity contribution in [3.05, 3.63) is 29.8 Å². The number of aliphatic hydroxyl groups is 1. The van der Waals surface area contributed by atoms with Crippen molar-refractivity contribution >= 4 is 0 Å². The molecule has 0 bridgehead atoms. The highest BCUT2D eigenvalue weighted by Gasteiger charge is 2.18. The molecular formula is C12H16F2O3. The quantitative estimate of drug-likeness (QED) is 0.837. The molecule has 5 heteroatoms. The Morgan fingerprint density at radius 2 is 1.82 bits per heavy atom. The first kappa shape index (κ1) is 13.9. The smallest absolute Gasteiger partial charge is 0.261 e. The van der Waals surface area contributed by atoms with Gasteiger partial charge in [0.25, 0.3) is 6.43 Å². The molecule has 0 amide bonds. The Bertz CT molecular complexity index is 327. The Kier molecular flexibility index (Phi) is 5.31. The highest BCUT2D eigenvalue weighted by Crippen LogP contribution is 2.22. The van der Waals surface area contributed by atoms with Gasteiger partial charge in [-0.15, -0.1) is 0 Å². The van der Waals surface area contributed by atoms with Gasteiger partial charge in [-0.3, -0.25) is 0 Å². The lowest BCUT2D eigenvalue weighted by Gasteiger charge is -2.19. The first-order chi connectivity index (χ1) is 8.04. The predicted octanol–water partition coefficient (Wildman–Crippen LogP) is 2.40. The van der Waals surface area contributed by atoms with E-state index in [2.05, 4.69) is 0 Å². The van der Waals surface area contributed by atoms with Crippen LogP contribution in [0.15, 0.2) is 24.3 Å². The lowest BCUT2D eigenvalue weighted by Crippen LogP contribution is -2.21. The summed E-state index contributed by atoms with van der Waals surface area (Å²) >= 11 is 0. The molecule has 1 aromatic carbocycles. The van der Waals surface area contributed by atoms with Gasteiger partial charge in [-0.2, -0.15) is 0 Å². The summed E-state index contributed by atoms with van der Waals surface area (Å²) in [6.45, 7) is 0.881. The van der Waals surface area contributed by atoms with E-state index in [9.17, 15) is 13.9 Å². The van der Waals surface area contributed by atoms with Crippen LogP contribution in [-0.2, 0) is 4.74 Å². The van der Waals surface area contributed by atoms with E-state index in [1.807, 2.05) is 0 Å². The molecule has 0 saturated carbocycles. The van der Waals surface area contributed by atoms with Crippen molar-refractivity contribution in [3.8, 4) is 5.75 Å². The average Bonchev–Trinajstić information content (AvgIpc) is 2.35. The minimum absolute atomic E-state index is 0.604. The fourth-order valence-corrected chi connectivity index (χ4v) is 1.39. The van der Waals surface area contributed by atoms with Gasteiger partial charge < -0.3 is 14.6 Å². The van der Waals surface area contributed by atoms with Crippen LogP contribution in [0.3, 0.4) is 0 Å². The van der Waals surface area contributed by atoms with E-state index in [1.54, 1.807) is 38.3 Å². The first-order valence-electron chi connectivity index (χ1n) is 5.26. The average molecular weight is 246 g/mol. The highest BCUT2D eigenvalue weighted by atomic mass is 19.3. The van der Waals surface area contributed by atoms with Gasteiger partial charge in [-0.25, -0.2) is 8.78 Å². The van der Waals surface area contributed by atoms with Crippen molar-refractivity contribution in [2.75, 3.05) is 13.7 Å². The molecule has 1 rings (SSSR count). The molecule has 0 fully saturated rings. The standard InChI is InChI=1S/C12H16F2O3/c1-8(17-7-11(13)14)12(15)9-3-5-10(16-2)6-4-9/h3-6,8,11-12,15H,7H2,1-2H3. The van der Waals surface area contributed by atoms with Gasteiger partial charge in [0.05, 0.1) is 13.2 Å². The number of ether oxygens (including phenoxy) is 2. The summed E-state index contributed by atoms with van der Waals surface area (Å²) in [5, 5.41) is 9.85. The lowest BCUT2D eigenvalue weighted by atomic mass is 10.1. The van der Waals surface area contributed by atoms with E-state index >= 15 is 0 Å². The zero-order valence-corrected chi connectivity index (χ0v) is 9.77. The molecular weight excluding hydrogens is 230 g/mol. The molecule has 2 atom stereocenters. The van der Waals surface area contributed by atoms with Gasteiger partial charge in [0.2, 0.25) is 0 Å². The summed E-state index contributed by atoms with van der Waals surface area (Å²) in [6.07, 6.45) is -4.14. The monoisotopic (exact) mass is 246 g/mol. The summed E-state index contributed by atoms with van der Waals surface area (Å²) in [7, 11) is 1.54. The van der Waals surface area contributed by atoms with Crippen LogP contribution in [0.25, 0.3) is 0 Å². The molecule has 0 aliphatic heterocycles. The van der Waals surface area contributed by atoms with Crippen molar-refractivity contribution in [2.24, 2.45) is 0 Å². The number of alkyl halides is 2. The minimum Gasteiger partial charge on any atom is -0.497 e. The molecule has 2 unspecified atom stereocenters. The van der Waals surface area contributed by atoms with Crippen molar-refractivity contribution in [1.29, 1.82) is 0 Å². The second-order valence-electron chi connectivity index (χ2n) is 3.65. The maximum Gasteiger partial charge on any atom is 0.261 e. The van der Waals surface area contributed by atoms with Crippen molar-refractivity contribution in [1.82, 2.24) is 0 Å². The van der Waals surface area contributed by atoms with Gasteiger partial charge in [0.1, 0.15) is 18.5 Å². The van der Waals surface area contributed by atoms with Crippen LogP contribution in [-0.4, -0.2) is 31.4 Å². The van der Waals surface area contributed by atoms with Gasteiger partial charge in [-0.1, -0.05) is 12.1 Å². The van der Waals surface area contributed by atoms with Crippen LogP contribution < -0.4 is 4.74 Å². The van der Waals surface area contributed by atoms with E-state index in [4.69, 9.17) is 9.47 Å². The second-order valence-corrected chi connectivity index (χ2v) is 3.65. The lowest BCUT2D eigenvalue weighted by molar-refractivity contribution is -0.0676. The Morgan fingerprint density at radius 1 is 1.24 bits per heavy atom. The summed E-state index contributed by atoms with van der Waals surface area (Å²) in [6, 6.07) is 6.73. The number of hydrogen-bond donors (Lipinski definition) is 1. The van der Waals surface area contributed by atoms with Crippen LogP contribution in [0.4, 0.5) is 8.78 Å². The molecule has 17 heavy (non-hydrogen) atoms. The molecule has 96 valence electrons. The molecule has 0 saturated heterocycles. The van der Waals surface area contributed by atoms with Gasteiger partial charge >= 0.3 is 0 Å². The van der Waals surface area contributed by atoms with Gasteiger partial charge in [0, 0.05) is 0 Å². The predicted molar refractivity (Wildman–Crippen MR) is 59.4 cm³/mol. The molecule has 0 aliphatic rings. The van der Waals surface area contributed by atoms with Crippen LogP contribution in [0.2, 0.25) is 0 Å². The molecule has 0 aliphatic carbocycles. The second kappa shape index (κ2) is 6.51. The fraction of sp³-hybridized carbons (Fsp3) is 0.500. The zero-order chi connectivity index (χ0) is 12.8. The molecule has 3 nitrogen and oxygen atoms in total. The van der Waals surface area contributed by atoms with E-state index < -0.39 is 25.2 Å². The molecule has 0 aromatic heterocycles. The van der Waals surface area contributed by atoms with Crippen LogP contribution in [0, 0.1) is 0 Å². The number of halogens is 2. The van der Waals surface area contributed by atoms with Crippen LogP contribution >= 0.6 is 0 Å². The molecule has 0 radical (unpaired) electrons. The Morgan fingerprint density at radius 3 is 2.29 bits per heavy atom. The van der Waals surface area contributed by atoms with E-state index in [1.165, 1.54) is 0 Å². The summed E-state index contributed by atoms with van der Waals surface area (Å²) in [4.78, 5) is 0. The van der Waals surface area contributed by atoms with Crippen LogP contribution in [0.5, 0.6) is 5.75 Å². The Labute approximate surface area is 99.0 Å². The third-order valence-corrected chi connectivity index (χ3v) is 2.39. The topological polar surface area (TPSA) is 38.7 Å². The zero-order valence-electron chi connectivity index (χ0n) is 9.77. The maximum absolute atomic E-state index is 11.9. The van der Waals surface area contributed by atoms with E-state index in [0.29, 0.717) is 11.3 Å². The molecule has 0 heterocycles. The number of methoxy groups -OCH3 is 1. The summed E-state index contributed by atoms with van der Waals surface area (Å²) < 4.78 is 33.7.